The molecular weight excluding hydrogens is 950 g/mol. The molecular formula is C43H59N3NaO15S4+. The Morgan fingerprint density at radius 1 is 0.727 bits per heavy atom. The third kappa shape index (κ3) is 15.8. The summed E-state index contributed by atoms with van der Waals surface area (Å²) in [5, 5.41) is 11.8. The monoisotopic (exact) mass is 1010 g/mol. The van der Waals surface area contributed by atoms with Gasteiger partial charge in [0.15, 0.2) is 5.71 Å². The summed E-state index contributed by atoms with van der Waals surface area (Å²) in [5.74, 6) is -2.27. The molecule has 0 unspecified atom stereocenters. The topological polar surface area (TPSA) is 290 Å². The zero-order valence-electron chi connectivity index (χ0n) is 38.7. The molecule has 0 saturated carbocycles. The molecule has 2 aliphatic heterocycles. The number of amides is 1. The third-order valence-electron chi connectivity index (χ3n) is 11.3. The zero-order valence-corrected chi connectivity index (χ0v) is 42.9. The molecule has 1 amide bonds. The molecule has 0 bridgehead atoms. The first kappa shape index (κ1) is 56.8. The molecule has 4 rings (SSSR count). The van der Waals surface area contributed by atoms with Crippen molar-refractivity contribution in [2.45, 2.75) is 106 Å². The van der Waals surface area contributed by atoms with Gasteiger partial charge in [-0.05, 0) is 100 Å². The number of allylic oxidation sites excluding steroid dienone is 6. The van der Waals surface area contributed by atoms with E-state index < -0.39 is 74.7 Å². The number of fused-ring (bicyclic) bond motifs is 2. The van der Waals surface area contributed by atoms with Crippen molar-refractivity contribution in [3.63, 3.8) is 0 Å². The Morgan fingerprint density at radius 2 is 1.30 bits per heavy atom. The van der Waals surface area contributed by atoms with Crippen LogP contribution in [0.25, 0.3) is 0 Å². The number of nitrogens with zero attached hydrogens (tertiary/aromatic N) is 2. The van der Waals surface area contributed by atoms with Gasteiger partial charge in [0, 0.05) is 66.0 Å². The molecule has 2 heterocycles. The number of carboxylic acids is 1. The van der Waals surface area contributed by atoms with Gasteiger partial charge in [-0.15, -0.1) is 0 Å². The van der Waals surface area contributed by atoms with Crippen LogP contribution in [0.5, 0.6) is 0 Å². The summed E-state index contributed by atoms with van der Waals surface area (Å²) >= 11 is 0. The number of unbranched alkanes of at least 4 members (excludes halogenated alkanes) is 5. The molecule has 23 heteroatoms. The number of benzene rings is 2. The van der Waals surface area contributed by atoms with Crippen molar-refractivity contribution in [2.75, 3.05) is 36.0 Å². The molecule has 6 N–H and O–H groups in total. The maximum absolute atomic E-state index is 13.8. The average molecular weight is 1010 g/mol. The fraction of sp³-hybridized carbons (Fsp3) is 0.465. The maximum atomic E-state index is 13.8. The summed E-state index contributed by atoms with van der Waals surface area (Å²) in [6, 6.07) is 8.34. The molecule has 2 aliphatic rings. The van der Waals surface area contributed by atoms with Gasteiger partial charge < -0.3 is 16.7 Å². The largest absolute Gasteiger partial charge is 1.00 e. The van der Waals surface area contributed by atoms with Gasteiger partial charge in [0.1, 0.15) is 6.54 Å². The van der Waals surface area contributed by atoms with Crippen molar-refractivity contribution in [2.24, 2.45) is 0 Å². The van der Waals surface area contributed by atoms with Crippen molar-refractivity contribution < 1.29 is 102 Å². The molecule has 0 radical (unpaired) electrons. The second-order valence-corrected chi connectivity index (χ2v) is 22.9. The molecule has 0 saturated heterocycles. The molecule has 0 fully saturated rings. The van der Waals surface area contributed by atoms with E-state index in [-0.39, 0.29) is 85.2 Å². The molecule has 0 aromatic heterocycles. The number of anilines is 1. The molecule has 2 aromatic carbocycles. The summed E-state index contributed by atoms with van der Waals surface area (Å²) in [6.45, 7) is 8.18. The number of nitrogens with one attached hydrogen (secondary N) is 1. The van der Waals surface area contributed by atoms with Crippen molar-refractivity contribution >= 4 is 69.4 Å². The Hall–Kier alpha value is -3.55. The van der Waals surface area contributed by atoms with Crippen LogP contribution in [-0.2, 0) is 60.9 Å². The Labute approximate surface area is 411 Å². The van der Waals surface area contributed by atoms with E-state index in [1.165, 1.54) is 24.3 Å². The molecule has 0 atom stereocenters. The molecule has 2 aromatic rings. The molecule has 66 heavy (non-hydrogen) atoms. The maximum Gasteiger partial charge on any atom is 1.00 e. The first-order valence-corrected chi connectivity index (χ1v) is 27.0. The van der Waals surface area contributed by atoms with Crippen molar-refractivity contribution in [3.05, 3.63) is 95.3 Å². The van der Waals surface area contributed by atoms with Crippen LogP contribution < -0.4 is 39.8 Å². The smallest absolute Gasteiger partial charge is 1.00 e. The minimum absolute atomic E-state index is 0. The van der Waals surface area contributed by atoms with E-state index in [0.717, 1.165) is 0 Å². The van der Waals surface area contributed by atoms with Crippen LogP contribution in [0, 0.1) is 0 Å². The van der Waals surface area contributed by atoms with E-state index in [9.17, 15) is 61.5 Å². The van der Waals surface area contributed by atoms with Gasteiger partial charge in [0.05, 0.1) is 26.7 Å². The number of rotatable bonds is 24. The van der Waals surface area contributed by atoms with Gasteiger partial charge in [0.2, 0.25) is 5.69 Å². The first-order valence-electron chi connectivity index (χ1n) is 20.9. The van der Waals surface area contributed by atoms with Gasteiger partial charge in [0.25, 0.3) is 46.4 Å². The molecule has 360 valence electrons. The van der Waals surface area contributed by atoms with E-state index >= 15 is 0 Å². The summed E-state index contributed by atoms with van der Waals surface area (Å²) in [5.41, 5.74) is 2.09. The van der Waals surface area contributed by atoms with E-state index in [1.54, 1.807) is 48.6 Å². The average Bonchev–Trinajstić information content (AvgIpc) is 3.52. The number of hydrogen-bond donors (Lipinski definition) is 6. The van der Waals surface area contributed by atoms with E-state index in [4.69, 9.17) is 5.11 Å². The van der Waals surface area contributed by atoms with Crippen LogP contribution in [-0.4, -0.2) is 110 Å². The van der Waals surface area contributed by atoms with Crippen LogP contribution in [0.4, 0.5) is 11.4 Å². The van der Waals surface area contributed by atoms with Gasteiger partial charge in [-0.3, -0.25) is 27.8 Å². The van der Waals surface area contributed by atoms with Gasteiger partial charge in [-0.2, -0.15) is 38.2 Å². The predicted molar refractivity (Wildman–Crippen MR) is 246 cm³/mol. The van der Waals surface area contributed by atoms with Gasteiger partial charge in [-0.25, -0.2) is 0 Å². The van der Waals surface area contributed by atoms with E-state index in [0.29, 0.717) is 72.4 Å². The third-order valence-corrected chi connectivity index (χ3v) is 14.6. The second-order valence-electron chi connectivity index (χ2n) is 16.9. The minimum atomic E-state index is -4.56. The fourth-order valence-electron chi connectivity index (χ4n) is 7.97. The predicted octanol–water partition coefficient (Wildman–Crippen LogP) is 2.88. The number of carbonyl (C=O) groups excluding carboxylic acids is 1. The van der Waals surface area contributed by atoms with Gasteiger partial charge >= 0.3 is 35.5 Å². The van der Waals surface area contributed by atoms with E-state index in [1.807, 2.05) is 37.2 Å². The molecule has 18 nitrogen and oxygen atoms in total. The van der Waals surface area contributed by atoms with Crippen molar-refractivity contribution in [1.82, 2.24) is 5.32 Å². The first-order chi connectivity index (χ1) is 30.0. The Balaban J connectivity index is 0.00000771. The second kappa shape index (κ2) is 23.2. The Kier molecular flexibility index (Phi) is 19.9. The zero-order chi connectivity index (χ0) is 48.6. The Morgan fingerprint density at radius 3 is 1.89 bits per heavy atom. The van der Waals surface area contributed by atoms with Crippen molar-refractivity contribution in [3.8, 4) is 0 Å². The van der Waals surface area contributed by atoms with Crippen LogP contribution >= 0.6 is 0 Å². The summed E-state index contributed by atoms with van der Waals surface area (Å²) in [4.78, 5) is 25.9. The normalized spacial score (nSPS) is 16.8. The fourth-order valence-corrected chi connectivity index (χ4v) is 10.1. The van der Waals surface area contributed by atoms with Crippen LogP contribution in [0.3, 0.4) is 0 Å². The summed E-state index contributed by atoms with van der Waals surface area (Å²) in [6.07, 6.45) is 13.2. The number of aliphatic carboxylic acids is 1. The van der Waals surface area contributed by atoms with Crippen LogP contribution in [0.2, 0.25) is 0 Å². The molecule has 0 spiro atoms. The Bertz CT molecular complexity index is 2770. The standard InChI is InChI=1S/C43H57N3O15S4.Na.H/c1-42(2)34-29-32(64(56,57)58)20-22-36(34)45(25-9-11-27-62(50,51)52)38(42)17-13-15-31(41(49)44-24-8-6-5-7-19-40(47)48)16-14-18-39-43(3,4)35-30-33(65(59,60)61)21-23-37(35)46(39)26-10-12-28-63(53,54)55;;/h13-18,20-23,29-30H,5-12,19,24-28H2,1-4H3,(H5-,44,47,48,49,50,51,52,53,54,55,56,57,58,59,60,61);;/q;+1;-1/p+1. The van der Waals surface area contributed by atoms with E-state index in [2.05, 4.69) is 5.32 Å². The minimum Gasteiger partial charge on any atom is -1.00 e. The number of carbonyl (C=O) groups is 2. The van der Waals surface area contributed by atoms with Crippen LogP contribution in [0.15, 0.2) is 93.9 Å². The van der Waals surface area contributed by atoms with Gasteiger partial charge in [-0.1, -0.05) is 38.8 Å². The van der Waals surface area contributed by atoms with Crippen molar-refractivity contribution in [1.29, 1.82) is 0 Å². The number of carboxylic acid groups (broad SMARTS) is 1. The SMILES string of the molecule is CC1(C)C(/C=C/C=C(/C=C/C=C2/N(CCCCS(=O)(=O)O)c3ccc(S(=O)(=O)O)cc3C2(C)C)C(=O)NCCCCCCC(=O)O)=[N+](CCCCS(=O)(=O)O)c2ccc(S(=O)(=O)O)cc21.[H-].[Na+]. The summed E-state index contributed by atoms with van der Waals surface area (Å²) in [7, 11) is -17.6. The number of hydrogen-bond acceptors (Lipinski definition) is 11. The van der Waals surface area contributed by atoms with Crippen LogP contribution in [0.1, 0.15) is 98.0 Å². The summed E-state index contributed by atoms with van der Waals surface area (Å²) < 4.78 is 134. The molecule has 0 aliphatic carbocycles. The quantitative estimate of drug-likeness (QED) is 0.0220.